The minimum atomic E-state index is -4.65. The van der Waals surface area contributed by atoms with Crippen LogP contribution in [0.4, 0.5) is 50.8 Å². The predicted octanol–water partition coefficient (Wildman–Crippen LogP) is 4.59. The Morgan fingerprint density at radius 1 is 1.09 bits per heavy atom. The van der Waals surface area contributed by atoms with Crippen molar-refractivity contribution in [3.05, 3.63) is 66.5 Å². The molecule has 1 amide bonds. The van der Waals surface area contributed by atoms with Crippen molar-refractivity contribution in [2.75, 3.05) is 67.0 Å². The van der Waals surface area contributed by atoms with Crippen LogP contribution in [0, 0.1) is 11.6 Å². The zero-order valence-corrected chi connectivity index (χ0v) is 23.6. The van der Waals surface area contributed by atoms with Crippen LogP contribution in [0.15, 0.2) is 49.3 Å². The Labute approximate surface area is 249 Å². The summed E-state index contributed by atoms with van der Waals surface area (Å²) in [5.41, 5.74) is 0.524. The van der Waals surface area contributed by atoms with Crippen LogP contribution in [0.2, 0.25) is 0 Å². The van der Waals surface area contributed by atoms with E-state index in [0.29, 0.717) is 38.2 Å². The van der Waals surface area contributed by atoms with Crippen LogP contribution in [0.25, 0.3) is 0 Å². The number of anilines is 5. The summed E-state index contributed by atoms with van der Waals surface area (Å²) >= 11 is 0. The number of rotatable bonds is 9. The summed E-state index contributed by atoms with van der Waals surface area (Å²) in [7, 11) is 1.94. The molecule has 0 aliphatic carbocycles. The van der Waals surface area contributed by atoms with Crippen LogP contribution in [-0.4, -0.2) is 78.4 Å². The Morgan fingerprint density at radius 2 is 1.82 bits per heavy atom. The van der Waals surface area contributed by atoms with Crippen molar-refractivity contribution >= 4 is 34.7 Å². The van der Waals surface area contributed by atoms with E-state index in [2.05, 4.69) is 37.1 Å². The smallest absolute Gasteiger partial charge is 0.422 e. The van der Waals surface area contributed by atoms with Gasteiger partial charge in [0.05, 0.1) is 18.3 Å². The minimum absolute atomic E-state index is 0.0257. The molecule has 1 atom stereocenters. The molecule has 3 aromatic rings. The van der Waals surface area contributed by atoms with E-state index in [9.17, 15) is 26.7 Å². The molecule has 16 heteroatoms. The largest absolute Gasteiger partial charge is 0.466 e. The van der Waals surface area contributed by atoms with Gasteiger partial charge in [0.2, 0.25) is 11.8 Å². The van der Waals surface area contributed by atoms with E-state index < -0.39 is 36.4 Å². The van der Waals surface area contributed by atoms with Gasteiger partial charge in [-0.1, -0.05) is 6.58 Å². The number of pyridine rings is 1. The molecule has 2 fully saturated rings. The molecule has 2 saturated heterocycles. The maximum atomic E-state index is 13.9. The number of alkyl halides is 3. The highest BCUT2D eigenvalue weighted by Gasteiger charge is 2.32. The number of hydrogen-bond donors (Lipinski definition) is 2. The molecule has 2 N–H and O–H groups in total. The van der Waals surface area contributed by atoms with Gasteiger partial charge in [-0.2, -0.15) is 18.2 Å². The standard InChI is InChI=1S/C28H29F5N8O3/c1-3-25(42)37-20-13-21(27(43-15-28(31,32)33)38-26(20)40-7-5-39(2)6-8-40)36-23-14-24(35-16-34-23)41-22(4-9-44-41)17-10-18(29)12-19(30)11-17/h3,10-14,16,22H,1,4-9,15H2,2H3,(H,37,42)(H,34,35,36)/t22-/m1/s1. The normalized spacial score (nSPS) is 17.5. The molecule has 11 nitrogen and oxygen atoms in total. The SMILES string of the molecule is C=CC(=O)Nc1cc(Nc2cc(N3OCC[C@@H]3c3cc(F)cc(F)c3)ncn2)c(OCC(F)(F)F)nc1N1CCN(C)CC1. The fourth-order valence-corrected chi connectivity index (χ4v) is 4.81. The summed E-state index contributed by atoms with van der Waals surface area (Å²) in [5.74, 6) is -1.84. The van der Waals surface area contributed by atoms with Crippen molar-refractivity contribution in [2.24, 2.45) is 0 Å². The molecule has 0 saturated carbocycles. The molecule has 2 aromatic heterocycles. The lowest BCUT2D eigenvalue weighted by molar-refractivity contribution is -0.153. The topological polar surface area (TPSA) is 108 Å². The zero-order chi connectivity index (χ0) is 31.4. The Balaban J connectivity index is 1.49. The van der Waals surface area contributed by atoms with Gasteiger partial charge in [0.25, 0.3) is 0 Å². The second-order valence-corrected chi connectivity index (χ2v) is 10.2. The second kappa shape index (κ2) is 13.0. The predicted molar refractivity (Wildman–Crippen MR) is 152 cm³/mol. The third-order valence-corrected chi connectivity index (χ3v) is 6.90. The van der Waals surface area contributed by atoms with E-state index in [1.54, 1.807) is 0 Å². The molecular weight excluding hydrogens is 591 g/mol. The molecule has 1 aromatic carbocycles. The number of aromatic nitrogens is 3. The number of amides is 1. The number of benzene rings is 1. The van der Waals surface area contributed by atoms with Gasteiger partial charge < -0.3 is 25.2 Å². The minimum Gasteiger partial charge on any atom is -0.466 e. The lowest BCUT2D eigenvalue weighted by Gasteiger charge is -2.34. The second-order valence-electron chi connectivity index (χ2n) is 10.2. The Hall–Kier alpha value is -4.57. The Bertz CT molecular complexity index is 1500. The number of carbonyl (C=O) groups is 1. The average Bonchev–Trinajstić information content (AvgIpc) is 3.47. The summed E-state index contributed by atoms with van der Waals surface area (Å²) in [6, 6.07) is 5.44. The first-order chi connectivity index (χ1) is 21.0. The van der Waals surface area contributed by atoms with E-state index in [1.165, 1.54) is 35.7 Å². The third kappa shape index (κ3) is 7.49. The van der Waals surface area contributed by atoms with Crippen molar-refractivity contribution in [1.82, 2.24) is 19.9 Å². The number of halogens is 5. The van der Waals surface area contributed by atoms with Gasteiger partial charge in [-0.25, -0.2) is 23.8 Å². The number of nitrogens with one attached hydrogen (secondary N) is 2. The third-order valence-electron chi connectivity index (χ3n) is 6.90. The Kier molecular flexibility index (Phi) is 9.10. The van der Waals surface area contributed by atoms with E-state index in [4.69, 9.17) is 9.57 Å². The van der Waals surface area contributed by atoms with Gasteiger partial charge in [0, 0.05) is 44.7 Å². The highest BCUT2D eigenvalue weighted by molar-refractivity contribution is 6.01. The molecule has 0 unspecified atom stereocenters. The monoisotopic (exact) mass is 620 g/mol. The molecule has 0 bridgehead atoms. The quantitative estimate of drug-likeness (QED) is 0.261. The van der Waals surface area contributed by atoms with Crippen molar-refractivity contribution in [3.8, 4) is 5.88 Å². The van der Waals surface area contributed by atoms with Gasteiger partial charge in [0.15, 0.2) is 18.2 Å². The maximum Gasteiger partial charge on any atom is 0.422 e. The van der Waals surface area contributed by atoms with E-state index >= 15 is 0 Å². The highest BCUT2D eigenvalue weighted by atomic mass is 19.4. The molecule has 234 valence electrons. The van der Waals surface area contributed by atoms with Gasteiger partial charge in [0.1, 0.15) is 29.5 Å². The summed E-state index contributed by atoms with van der Waals surface area (Å²) < 4.78 is 72.6. The number of ether oxygens (including phenoxy) is 1. The number of carbonyl (C=O) groups excluding carboxylic acids is 1. The molecule has 5 rings (SSSR count). The lowest BCUT2D eigenvalue weighted by atomic mass is 10.0. The van der Waals surface area contributed by atoms with Gasteiger partial charge >= 0.3 is 6.18 Å². The molecule has 0 radical (unpaired) electrons. The van der Waals surface area contributed by atoms with Crippen LogP contribution >= 0.6 is 0 Å². The molecular formula is C28H29F5N8O3. The first kappa shape index (κ1) is 30.9. The summed E-state index contributed by atoms with van der Waals surface area (Å²) in [6.45, 7) is 4.45. The fourth-order valence-electron chi connectivity index (χ4n) is 4.81. The zero-order valence-electron chi connectivity index (χ0n) is 23.6. The van der Waals surface area contributed by atoms with Crippen molar-refractivity contribution in [3.63, 3.8) is 0 Å². The van der Waals surface area contributed by atoms with Crippen molar-refractivity contribution in [1.29, 1.82) is 0 Å². The number of nitrogens with zero attached hydrogens (tertiary/aromatic N) is 6. The van der Waals surface area contributed by atoms with Crippen LogP contribution in [0.5, 0.6) is 5.88 Å². The lowest BCUT2D eigenvalue weighted by Crippen LogP contribution is -2.45. The number of piperazine rings is 1. The van der Waals surface area contributed by atoms with Gasteiger partial charge in [-0.05, 0) is 36.9 Å². The number of hydrogen-bond acceptors (Lipinski definition) is 10. The van der Waals surface area contributed by atoms with Crippen molar-refractivity contribution in [2.45, 2.75) is 18.6 Å². The van der Waals surface area contributed by atoms with Crippen LogP contribution in [0.1, 0.15) is 18.0 Å². The maximum absolute atomic E-state index is 13.9. The van der Waals surface area contributed by atoms with Gasteiger partial charge in [-0.3, -0.25) is 9.63 Å². The molecule has 0 spiro atoms. The van der Waals surface area contributed by atoms with E-state index in [0.717, 1.165) is 12.1 Å². The van der Waals surface area contributed by atoms with Gasteiger partial charge in [-0.15, -0.1) is 0 Å². The first-order valence-electron chi connectivity index (χ1n) is 13.6. The number of hydroxylamine groups is 1. The summed E-state index contributed by atoms with van der Waals surface area (Å²) in [6.07, 6.45) is -1.99. The summed E-state index contributed by atoms with van der Waals surface area (Å²) in [4.78, 5) is 34.7. The Morgan fingerprint density at radius 3 is 2.50 bits per heavy atom. The molecule has 2 aliphatic heterocycles. The number of likely N-dealkylation sites (N-methyl/N-ethyl adjacent to an activating group) is 1. The molecule has 44 heavy (non-hydrogen) atoms. The van der Waals surface area contributed by atoms with Crippen molar-refractivity contribution < 1.29 is 36.3 Å². The van der Waals surface area contributed by atoms with Crippen LogP contribution < -0.4 is 25.3 Å². The highest BCUT2D eigenvalue weighted by Crippen LogP contribution is 2.38. The summed E-state index contributed by atoms with van der Waals surface area (Å²) in [5, 5.41) is 6.95. The van der Waals surface area contributed by atoms with Crippen LogP contribution in [0.3, 0.4) is 0 Å². The fraction of sp³-hybridized carbons (Fsp3) is 0.357. The van der Waals surface area contributed by atoms with Crippen LogP contribution in [-0.2, 0) is 9.63 Å². The first-order valence-corrected chi connectivity index (χ1v) is 13.6. The van der Waals surface area contributed by atoms with E-state index in [-0.39, 0.29) is 41.3 Å². The van der Waals surface area contributed by atoms with E-state index in [1.807, 2.05) is 11.9 Å². The molecule has 2 aliphatic rings. The molecule has 4 heterocycles. The average molecular weight is 621 g/mol.